The van der Waals surface area contributed by atoms with Crippen molar-refractivity contribution >= 4 is 16.2 Å². The van der Waals surface area contributed by atoms with Crippen LogP contribution in [0.25, 0.3) is 0 Å². The highest BCUT2D eigenvalue weighted by Gasteiger charge is 2.25. The molecule has 2 N–H and O–H groups in total. The van der Waals surface area contributed by atoms with Gasteiger partial charge in [-0.1, -0.05) is 0 Å². The second-order valence-corrected chi connectivity index (χ2v) is 9.16. The SMILES string of the molecule is Cc1c(Oc2ccc(S(N)(=O)=O)cc2F)ncnc1OC1CCN(OC(=O)OC(C)C)CC1. The first-order valence-corrected chi connectivity index (χ1v) is 11.7. The number of nitrogens with two attached hydrogens (primary N) is 1. The number of hydroxylamine groups is 2. The van der Waals surface area contributed by atoms with Gasteiger partial charge in [0.1, 0.15) is 12.4 Å². The number of rotatable bonds is 7. The summed E-state index contributed by atoms with van der Waals surface area (Å²) >= 11 is 0. The molecule has 1 saturated heterocycles. The lowest BCUT2D eigenvalue weighted by atomic mass is 10.1. The van der Waals surface area contributed by atoms with Gasteiger partial charge in [0.25, 0.3) is 0 Å². The molecule has 1 aromatic carbocycles. The highest BCUT2D eigenvalue weighted by Crippen LogP contribution is 2.31. The molecule has 180 valence electrons. The van der Waals surface area contributed by atoms with E-state index in [1.807, 2.05) is 0 Å². The summed E-state index contributed by atoms with van der Waals surface area (Å²) in [5, 5.41) is 6.52. The second-order valence-electron chi connectivity index (χ2n) is 7.60. The van der Waals surface area contributed by atoms with E-state index < -0.39 is 22.0 Å². The zero-order chi connectivity index (χ0) is 24.2. The number of hydrogen-bond donors (Lipinski definition) is 1. The Balaban J connectivity index is 1.62. The van der Waals surface area contributed by atoms with Gasteiger partial charge >= 0.3 is 6.16 Å². The molecule has 0 bridgehead atoms. The number of piperidine rings is 1. The summed E-state index contributed by atoms with van der Waals surface area (Å²) in [6.45, 7) is 6.02. The average Bonchev–Trinajstić information content (AvgIpc) is 2.72. The standard InChI is InChI=1S/C20H25FN4O7S/c1-12(2)29-20(26)32-25-8-6-14(7-9-25)30-18-13(3)19(24-11-23-18)31-17-5-4-15(10-16(17)21)33(22,27)28/h4-5,10-12,14H,6-9H2,1-3H3,(H2,22,27,28). The number of benzene rings is 1. The highest BCUT2D eigenvalue weighted by molar-refractivity contribution is 7.89. The van der Waals surface area contributed by atoms with E-state index in [1.165, 1.54) is 11.4 Å². The molecule has 0 atom stereocenters. The van der Waals surface area contributed by atoms with Crippen molar-refractivity contribution in [2.45, 2.75) is 50.7 Å². The number of nitrogens with zero attached hydrogens (tertiary/aromatic N) is 3. The minimum atomic E-state index is -4.04. The minimum Gasteiger partial charge on any atom is -0.474 e. The first-order chi connectivity index (χ1) is 15.5. The predicted octanol–water partition coefficient (Wildman–Crippen LogP) is 2.68. The molecular formula is C20H25FN4O7S. The molecule has 0 saturated carbocycles. The van der Waals surface area contributed by atoms with Crippen LogP contribution in [0.4, 0.5) is 9.18 Å². The van der Waals surface area contributed by atoms with Gasteiger partial charge in [-0.2, -0.15) is 0 Å². The van der Waals surface area contributed by atoms with Crippen LogP contribution >= 0.6 is 0 Å². The molecule has 0 aliphatic carbocycles. The molecule has 1 fully saturated rings. The molecule has 11 nitrogen and oxygen atoms in total. The van der Waals surface area contributed by atoms with Crippen molar-refractivity contribution in [1.82, 2.24) is 15.0 Å². The van der Waals surface area contributed by atoms with Crippen molar-refractivity contribution in [3.63, 3.8) is 0 Å². The van der Waals surface area contributed by atoms with Crippen molar-refractivity contribution in [3.05, 3.63) is 35.9 Å². The predicted molar refractivity (Wildman–Crippen MR) is 113 cm³/mol. The largest absolute Gasteiger partial charge is 0.528 e. The van der Waals surface area contributed by atoms with Crippen LogP contribution in [0.15, 0.2) is 29.4 Å². The quantitative estimate of drug-likeness (QED) is 0.583. The first-order valence-electron chi connectivity index (χ1n) is 10.1. The Morgan fingerprint density at radius 2 is 1.88 bits per heavy atom. The fraction of sp³-hybridized carbons (Fsp3) is 0.450. The molecule has 0 unspecified atom stereocenters. The van der Waals surface area contributed by atoms with Gasteiger partial charge in [0.2, 0.25) is 21.8 Å². The Hall–Kier alpha value is -3.03. The lowest BCUT2D eigenvalue weighted by molar-refractivity contribution is -0.151. The van der Waals surface area contributed by atoms with Crippen molar-refractivity contribution in [2.75, 3.05) is 13.1 Å². The number of hydrogen-bond acceptors (Lipinski definition) is 10. The van der Waals surface area contributed by atoms with E-state index in [9.17, 15) is 17.6 Å². The lowest BCUT2D eigenvalue weighted by Gasteiger charge is -2.30. The van der Waals surface area contributed by atoms with E-state index in [4.69, 9.17) is 24.2 Å². The minimum absolute atomic E-state index is 0.0551. The van der Waals surface area contributed by atoms with Gasteiger partial charge in [-0.25, -0.2) is 32.7 Å². The van der Waals surface area contributed by atoms with E-state index in [-0.39, 0.29) is 34.6 Å². The summed E-state index contributed by atoms with van der Waals surface area (Å²) in [6, 6.07) is 3.05. The van der Waals surface area contributed by atoms with Crippen LogP contribution in [-0.2, 0) is 19.6 Å². The molecule has 2 heterocycles. The summed E-state index contributed by atoms with van der Waals surface area (Å²) in [4.78, 5) is 24.5. The van der Waals surface area contributed by atoms with Gasteiger partial charge in [0, 0.05) is 25.9 Å². The van der Waals surface area contributed by atoms with Crippen LogP contribution in [0.5, 0.6) is 17.5 Å². The van der Waals surface area contributed by atoms with E-state index in [2.05, 4.69) is 9.97 Å². The molecular weight excluding hydrogens is 459 g/mol. The molecule has 1 aliphatic heterocycles. The van der Waals surface area contributed by atoms with Crippen molar-refractivity contribution in [3.8, 4) is 17.5 Å². The van der Waals surface area contributed by atoms with Crippen LogP contribution in [0.2, 0.25) is 0 Å². The fourth-order valence-corrected chi connectivity index (χ4v) is 3.53. The number of ether oxygens (including phenoxy) is 3. The van der Waals surface area contributed by atoms with E-state index >= 15 is 0 Å². The summed E-state index contributed by atoms with van der Waals surface area (Å²) in [6.07, 6.45) is 1.14. The molecule has 3 rings (SSSR count). The zero-order valence-corrected chi connectivity index (χ0v) is 19.2. The van der Waals surface area contributed by atoms with Crippen LogP contribution < -0.4 is 14.6 Å². The summed E-state index contributed by atoms with van der Waals surface area (Å²) in [5.41, 5.74) is 0.437. The van der Waals surface area contributed by atoms with E-state index in [0.717, 1.165) is 18.2 Å². The Kier molecular flexibility index (Phi) is 7.66. The maximum atomic E-state index is 14.3. The Morgan fingerprint density at radius 3 is 2.48 bits per heavy atom. The number of carbonyl (C=O) groups is 1. The zero-order valence-electron chi connectivity index (χ0n) is 18.4. The molecule has 33 heavy (non-hydrogen) atoms. The van der Waals surface area contributed by atoms with Gasteiger partial charge in [-0.3, -0.25) is 0 Å². The molecule has 2 aromatic rings. The third-order valence-electron chi connectivity index (χ3n) is 4.64. The number of primary sulfonamides is 1. The van der Waals surface area contributed by atoms with Crippen molar-refractivity contribution in [1.29, 1.82) is 0 Å². The number of aromatic nitrogens is 2. The summed E-state index contributed by atoms with van der Waals surface area (Å²) in [7, 11) is -4.04. The van der Waals surface area contributed by atoms with E-state index in [0.29, 0.717) is 31.5 Å². The Morgan fingerprint density at radius 1 is 1.21 bits per heavy atom. The molecule has 1 aromatic heterocycles. The monoisotopic (exact) mass is 484 g/mol. The average molecular weight is 485 g/mol. The Labute approximate surface area is 190 Å². The third-order valence-corrected chi connectivity index (χ3v) is 5.56. The highest BCUT2D eigenvalue weighted by atomic mass is 32.2. The summed E-state index contributed by atoms with van der Waals surface area (Å²) < 4.78 is 53.4. The molecule has 0 radical (unpaired) electrons. The van der Waals surface area contributed by atoms with Crippen molar-refractivity contribution in [2.24, 2.45) is 5.14 Å². The third kappa shape index (κ3) is 6.73. The van der Waals surface area contributed by atoms with Gasteiger partial charge in [0.05, 0.1) is 16.6 Å². The smallest absolute Gasteiger partial charge is 0.474 e. The topological polar surface area (TPSA) is 143 Å². The van der Waals surface area contributed by atoms with Gasteiger partial charge in [-0.05, 0) is 39.0 Å². The molecule has 0 spiro atoms. The lowest BCUT2D eigenvalue weighted by Crippen LogP contribution is -2.40. The number of sulfonamides is 1. The summed E-state index contributed by atoms with van der Waals surface area (Å²) in [5.74, 6) is -0.820. The normalized spacial score (nSPS) is 15.3. The maximum Gasteiger partial charge on any atom is 0.528 e. The number of carbonyl (C=O) groups excluding carboxylic acids is 1. The van der Waals surface area contributed by atoms with Crippen LogP contribution in [-0.4, -0.2) is 54.9 Å². The van der Waals surface area contributed by atoms with Gasteiger partial charge < -0.3 is 19.0 Å². The van der Waals surface area contributed by atoms with Gasteiger partial charge in [0.15, 0.2) is 11.6 Å². The molecule has 13 heteroatoms. The van der Waals surface area contributed by atoms with Crippen LogP contribution in [0.1, 0.15) is 32.3 Å². The second kappa shape index (κ2) is 10.3. The van der Waals surface area contributed by atoms with Gasteiger partial charge in [-0.15, -0.1) is 5.06 Å². The molecule has 0 amide bonds. The fourth-order valence-electron chi connectivity index (χ4n) is 3.00. The van der Waals surface area contributed by atoms with Crippen LogP contribution in [0, 0.1) is 12.7 Å². The Bertz CT molecular complexity index is 1110. The van der Waals surface area contributed by atoms with E-state index in [1.54, 1.807) is 20.8 Å². The number of halogens is 1. The maximum absolute atomic E-state index is 14.3. The first kappa shape index (κ1) is 24.6. The molecule has 1 aliphatic rings. The van der Waals surface area contributed by atoms with Crippen molar-refractivity contribution < 1.29 is 36.7 Å². The van der Waals surface area contributed by atoms with Crippen LogP contribution in [0.3, 0.4) is 0 Å².